The van der Waals surface area contributed by atoms with E-state index in [2.05, 4.69) is 0 Å². The van der Waals surface area contributed by atoms with Gasteiger partial charge in [-0.3, -0.25) is 4.79 Å². The third-order valence-corrected chi connectivity index (χ3v) is 6.23. The Morgan fingerprint density at radius 1 is 1.06 bits per heavy atom. The number of sulfone groups is 1. The summed E-state index contributed by atoms with van der Waals surface area (Å²) in [5, 5.41) is 8.85. The minimum absolute atomic E-state index is 0.000809. The monoisotopic (exact) mass is 477 g/mol. The fourth-order valence-electron chi connectivity index (χ4n) is 3.52. The van der Waals surface area contributed by atoms with Gasteiger partial charge in [0.15, 0.2) is 21.5 Å². The van der Waals surface area contributed by atoms with Crippen molar-refractivity contribution in [2.45, 2.75) is 31.3 Å². The first kappa shape index (κ1) is 24.5. The second-order valence-electron chi connectivity index (χ2n) is 8.80. The molecule has 0 atom stereocenters. The number of rotatable bonds is 4. The van der Waals surface area contributed by atoms with Gasteiger partial charge in [0.25, 0.3) is 5.91 Å². The average molecular weight is 478 g/mol. The summed E-state index contributed by atoms with van der Waals surface area (Å²) in [6, 6.07) is 8.34. The summed E-state index contributed by atoms with van der Waals surface area (Å²) in [4.78, 5) is 16.4. The number of ether oxygens (including phenoxy) is 1. The molecule has 0 radical (unpaired) electrons. The predicted octanol–water partition coefficient (Wildman–Crippen LogP) is 3.38. The van der Waals surface area contributed by atoms with Crippen molar-refractivity contribution in [1.29, 1.82) is 5.26 Å². The van der Waals surface area contributed by atoms with Gasteiger partial charge in [0, 0.05) is 32.4 Å². The first-order chi connectivity index (χ1) is 15.3. The normalized spacial score (nSPS) is 14.7. The van der Waals surface area contributed by atoms with E-state index in [1.807, 2.05) is 20.8 Å². The number of carbonyl (C=O) groups is 1. The number of piperazine rings is 1. The quantitative estimate of drug-likeness (QED) is 0.671. The molecule has 0 bridgehead atoms. The second-order valence-corrected chi connectivity index (χ2v) is 10.8. The molecule has 0 aromatic heterocycles. The van der Waals surface area contributed by atoms with E-state index in [1.54, 1.807) is 11.0 Å². The van der Waals surface area contributed by atoms with Crippen LogP contribution in [0.15, 0.2) is 35.2 Å². The van der Waals surface area contributed by atoms with Crippen LogP contribution < -0.4 is 9.64 Å². The van der Waals surface area contributed by atoms with Gasteiger partial charge < -0.3 is 14.5 Å². The molecule has 0 N–H and O–H groups in total. The highest BCUT2D eigenvalue weighted by atomic mass is 32.2. The van der Waals surface area contributed by atoms with Gasteiger partial charge in [-0.05, 0) is 51.1 Å². The molecule has 176 valence electrons. The Labute approximate surface area is 192 Å². The first-order valence-corrected chi connectivity index (χ1v) is 12.2. The number of anilines is 1. The number of nitriles is 1. The summed E-state index contributed by atoms with van der Waals surface area (Å²) in [5.74, 6) is -2.45. The maximum Gasteiger partial charge on any atom is 0.257 e. The molecule has 0 spiro atoms. The number of hydrogen-bond acceptors (Lipinski definition) is 6. The smallest absolute Gasteiger partial charge is 0.257 e. The van der Waals surface area contributed by atoms with Gasteiger partial charge in [0.2, 0.25) is 0 Å². The molecule has 1 saturated heterocycles. The van der Waals surface area contributed by atoms with Gasteiger partial charge >= 0.3 is 0 Å². The lowest BCUT2D eigenvalue weighted by Crippen LogP contribution is -2.49. The first-order valence-electron chi connectivity index (χ1n) is 10.3. The molecule has 3 rings (SSSR count). The van der Waals surface area contributed by atoms with Crippen molar-refractivity contribution < 1.29 is 26.7 Å². The summed E-state index contributed by atoms with van der Waals surface area (Å²) in [6.45, 7) is 6.32. The van der Waals surface area contributed by atoms with Crippen LogP contribution in [-0.4, -0.2) is 57.3 Å². The van der Waals surface area contributed by atoms with E-state index in [0.717, 1.165) is 6.26 Å². The van der Waals surface area contributed by atoms with E-state index in [1.165, 1.54) is 35.2 Å². The van der Waals surface area contributed by atoms with Crippen molar-refractivity contribution in [2.24, 2.45) is 0 Å². The number of carbonyl (C=O) groups excluding carboxylic acids is 1. The van der Waals surface area contributed by atoms with Gasteiger partial charge in [-0.1, -0.05) is 0 Å². The van der Waals surface area contributed by atoms with E-state index in [9.17, 15) is 22.0 Å². The average Bonchev–Trinajstić information content (AvgIpc) is 2.74. The Bertz CT molecular complexity index is 1230. The van der Waals surface area contributed by atoms with Crippen LogP contribution in [0.1, 0.15) is 36.7 Å². The van der Waals surface area contributed by atoms with E-state index >= 15 is 0 Å². The summed E-state index contributed by atoms with van der Waals surface area (Å²) >= 11 is 0. The number of halogens is 2. The molecule has 0 aliphatic carbocycles. The zero-order chi connectivity index (χ0) is 24.6. The van der Waals surface area contributed by atoms with Gasteiger partial charge in [0.05, 0.1) is 21.7 Å². The van der Waals surface area contributed by atoms with Crippen molar-refractivity contribution >= 4 is 21.4 Å². The minimum Gasteiger partial charge on any atom is -0.487 e. The molecule has 33 heavy (non-hydrogen) atoms. The molecule has 2 aromatic carbocycles. The van der Waals surface area contributed by atoms with Crippen molar-refractivity contribution in [3.05, 3.63) is 53.1 Å². The maximum absolute atomic E-state index is 14.4. The molecule has 1 fully saturated rings. The number of nitrogens with zero attached hydrogens (tertiary/aromatic N) is 3. The molecule has 1 amide bonds. The maximum atomic E-state index is 14.4. The Hall–Kier alpha value is -3.19. The van der Waals surface area contributed by atoms with Crippen LogP contribution in [0.5, 0.6) is 5.75 Å². The van der Waals surface area contributed by atoms with Gasteiger partial charge in [0.1, 0.15) is 17.4 Å². The van der Waals surface area contributed by atoms with E-state index in [0.29, 0.717) is 0 Å². The minimum atomic E-state index is -3.54. The van der Waals surface area contributed by atoms with Gasteiger partial charge in [-0.25, -0.2) is 17.2 Å². The molecule has 1 aliphatic rings. The Kier molecular flexibility index (Phi) is 6.65. The molecule has 10 heteroatoms. The fourth-order valence-corrected chi connectivity index (χ4v) is 4.16. The SMILES string of the molecule is CC(C)(C)Oc1ccc(S(C)(=O)=O)cc1C(=O)N1CCN(c2ccc(C#N)c(F)c2F)CC1. The van der Waals surface area contributed by atoms with Crippen LogP contribution in [0.2, 0.25) is 0 Å². The lowest BCUT2D eigenvalue weighted by molar-refractivity contribution is 0.0730. The lowest BCUT2D eigenvalue weighted by atomic mass is 10.1. The Balaban J connectivity index is 1.84. The van der Waals surface area contributed by atoms with Crippen LogP contribution in [0.3, 0.4) is 0 Å². The van der Waals surface area contributed by atoms with Crippen LogP contribution >= 0.6 is 0 Å². The highest BCUT2D eigenvalue weighted by Gasteiger charge is 2.28. The largest absolute Gasteiger partial charge is 0.487 e. The standard InChI is InChI=1S/C23H25F2N3O4S/c1-23(2,3)32-19-8-6-16(33(4,30)31)13-17(19)22(29)28-11-9-27(10-12-28)18-7-5-15(14-26)20(24)21(18)25/h5-8,13H,9-12H2,1-4H3. The highest BCUT2D eigenvalue weighted by Crippen LogP contribution is 2.29. The third-order valence-electron chi connectivity index (χ3n) is 5.12. The molecule has 1 aliphatic heterocycles. The topological polar surface area (TPSA) is 90.7 Å². The highest BCUT2D eigenvalue weighted by molar-refractivity contribution is 7.90. The third kappa shape index (κ3) is 5.42. The zero-order valence-corrected chi connectivity index (χ0v) is 19.7. The number of amides is 1. The predicted molar refractivity (Wildman–Crippen MR) is 119 cm³/mol. The number of hydrogen-bond donors (Lipinski definition) is 0. The molecule has 7 nitrogen and oxygen atoms in total. The van der Waals surface area contributed by atoms with Gasteiger partial charge in [-0.15, -0.1) is 0 Å². The summed E-state index contributed by atoms with van der Waals surface area (Å²) in [7, 11) is -3.54. The van der Waals surface area contributed by atoms with E-state index in [4.69, 9.17) is 10.00 Å². The lowest BCUT2D eigenvalue weighted by Gasteiger charge is -2.36. The summed E-state index contributed by atoms with van der Waals surface area (Å²) in [6.07, 6.45) is 1.06. The fraction of sp³-hybridized carbons (Fsp3) is 0.391. The van der Waals surface area contributed by atoms with Crippen LogP contribution in [0.25, 0.3) is 0 Å². The van der Waals surface area contributed by atoms with Crippen molar-refractivity contribution in [2.75, 3.05) is 37.3 Å². The molecular formula is C23H25F2N3O4S. The van der Waals surface area contributed by atoms with Crippen LogP contribution in [-0.2, 0) is 9.84 Å². The van der Waals surface area contributed by atoms with Gasteiger partial charge in [-0.2, -0.15) is 5.26 Å². The second kappa shape index (κ2) is 8.98. The van der Waals surface area contributed by atoms with Crippen molar-refractivity contribution in [3.63, 3.8) is 0 Å². The number of benzene rings is 2. The summed E-state index contributed by atoms with van der Waals surface area (Å²) in [5.41, 5.74) is -0.842. The van der Waals surface area contributed by atoms with Crippen molar-refractivity contribution in [3.8, 4) is 11.8 Å². The van der Waals surface area contributed by atoms with Crippen LogP contribution in [0, 0.1) is 23.0 Å². The molecular weight excluding hydrogens is 452 g/mol. The van der Waals surface area contributed by atoms with E-state index < -0.39 is 33.0 Å². The Morgan fingerprint density at radius 3 is 2.24 bits per heavy atom. The van der Waals surface area contributed by atoms with Crippen molar-refractivity contribution in [1.82, 2.24) is 4.90 Å². The summed E-state index contributed by atoms with van der Waals surface area (Å²) < 4.78 is 58.3. The Morgan fingerprint density at radius 2 is 1.70 bits per heavy atom. The van der Waals surface area contributed by atoms with Crippen LogP contribution in [0.4, 0.5) is 14.5 Å². The molecule has 0 saturated carbocycles. The molecule has 0 unspecified atom stereocenters. The molecule has 2 aromatic rings. The van der Waals surface area contributed by atoms with E-state index in [-0.39, 0.29) is 53.6 Å². The zero-order valence-electron chi connectivity index (χ0n) is 18.9. The molecule has 1 heterocycles.